The Morgan fingerprint density at radius 3 is 2.77 bits per heavy atom. The van der Waals surface area contributed by atoms with Crippen LogP contribution in [-0.4, -0.2) is 17.3 Å². The van der Waals surface area contributed by atoms with Gasteiger partial charge in [-0.05, 0) is 12.1 Å². The molecule has 0 saturated carbocycles. The summed E-state index contributed by atoms with van der Waals surface area (Å²) in [6.45, 7) is 0.329. The van der Waals surface area contributed by atoms with Crippen molar-refractivity contribution in [2.45, 2.75) is 6.54 Å². The maximum Gasteiger partial charge on any atom is 0.162 e. The van der Waals surface area contributed by atoms with Gasteiger partial charge in [-0.1, -0.05) is 15.9 Å². The van der Waals surface area contributed by atoms with Crippen LogP contribution >= 0.6 is 15.9 Å². The number of hydrogen-bond acceptors (Lipinski definition) is 4. The molecule has 0 amide bonds. The Morgan fingerprint density at radius 2 is 2.15 bits per heavy atom. The zero-order chi connectivity index (χ0) is 9.84. The number of hydroxylamine groups is 1. The Labute approximate surface area is 84.2 Å². The maximum absolute atomic E-state index is 9.38. The third-order valence-corrected chi connectivity index (χ3v) is 2.00. The third-order valence-electron chi connectivity index (χ3n) is 1.54. The first kappa shape index (κ1) is 10.3. The van der Waals surface area contributed by atoms with Crippen molar-refractivity contribution in [2.75, 3.05) is 7.11 Å². The van der Waals surface area contributed by atoms with Gasteiger partial charge in [-0.3, -0.25) is 0 Å². The largest absolute Gasteiger partial charge is 0.504 e. The summed E-state index contributed by atoms with van der Waals surface area (Å²) in [6, 6.07) is 3.12. The fourth-order valence-corrected chi connectivity index (χ4v) is 1.42. The molecule has 0 aliphatic rings. The van der Waals surface area contributed by atoms with E-state index in [9.17, 15) is 10.2 Å². The second-order valence-corrected chi connectivity index (χ2v) is 3.37. The van der Waals surface area contributed by atoms with Crippen molar-refractivity contribution < 1.29 is 15.1 Å². The quantitative estimate of drug-likeness (QED) is 0.560. The van der Waals surface area contributed by atoms with E-state index in [1.165, 1.54) is 13.2 Å². The Morgan fingerprint density at radius 1 is 1.46 bits per heavy atom. The molecule has 0 aliphatic carbocycles. The summed E-state index contributed by atoms with van der Waals surface area (Å²) in [7, 11) is 1.48. The van der Waals surface area contributed by atoms with Crippen LogP contribution in [0.15, 0.2) is 16.6 Å². The molecule has 1 aromatic rings. The van der Waals surface area contributed by atoms with Crippen molar-refractivity contribution in [3.63, 3.8) is 0 Å². The first-order valence-electron chi connectivity index (χ1n) is 3.61. The number of phenolic OH excluding ortho intramolecular Hbond substituents is 2. The van der Waals surface area contributed by atoms with Crippen LogP contribution in [0.4, 0.5) is 0 Å². The topological polar surface area (TPSA) is 61.7 Å². The smallest absolute Gasteiger partial charge is 0.162 e. The van der Waals surface area contributed by atoms with E-state index in [-0.39, 0.29) is 11.5 Å². The average Bonchev–Trinajstić information content (AvgIpc) is 2.09. The third kappa shape index (κ3) is 2.58. The van der Waals surface area contributed by atoms with Crippen LogP contribution < -0.4 is 5.48 Å². The molecule has 0 unspecified atom stereocenters. The summed E-state index contributed by atoms with van der Waals surface area (Å²) in [5.41, 5.74) is 3.13. The highest BCUT2D eigenvalue weighted by atomic mass is 79.9. The molecule has 1 aromatic carbocycles. The minimum atomic E-state index is -0.151. The lowest BCUT2D eigenvalue weighted by molar-refractivity contribution is 0.0860. The van der Waals surface area contributed by atoms with Crippen LogP contribution in [0, 0.1) is 0 Å². The molecule has 5 heteroatoms. The van der Waals surface area contributed by atoms with E-state index in [1.54, 1.807) is 6.07 Å². The van der Waals surface area contributed by atoms with Crippen LogP contribution in [0.5, 0.6) is 11.5 Å². The van der Waals surface area contributed by atoms with Crippen LogP contribution in [0.2, 0.25) is 0 Å². The molecule has 0 atom stereocenters. The molecule has 13 heavy (non-hydrogen) atoms. The number of halogens is 1. The van der Waals surface area contributed by atoms with E-state index in [1.807, 2.05) is 0 Å². The molecule has 0 saturated heterocycles. The number of aromatic hydroxyl groups is 2. The predicted octanol–water partition coefficient (Wildman–Crippen LogP) is 1.51. The number of phenols is 2. The Kier molecular flexibility index (Phi) is 3.53. The van der Waals surface area contributed by atoms with Gasteiger partial charge in [0.2, 0.25) is 0 Å². The first-order valence-corrected chi connectivity index (χ1v) is 4.40. The zero-order valence-electron chi connectivity index (χ0n) is 7.04. The number of nitrogens with one attached hydrogen (secondary N) is 1. The highest BCUT2D eigenvalue weighted by Gasteiger charge is 2.07. The summed E-state index contributed by atoms with van der Waals surface area (Å²) in [4.78, 5) is 4.62. The van der Waals surface area contributed by atoms with E-state index in [0.717, 1.165) is 0 Å². The second kappa shape index (κ2) is 4.45. The van der Waals surface area contributed by atoms with E-state index < -0.39 is 0 Å². The van der Waals surface area contributed by atoms with E-state index in [2.05, 4.69) is 26.2 Å². The average molecular weight is 248 g/mol. The standard InChI is InChI=1S/C8H10BrNO3/c1-13-10-4-5-2-6(9)3-7(11)8(5)12/h2-3,10-12H,4H2,1H3. The van der Waals surface area contributed by atoms with Crippen LogP contribution in [0.25, 0.3) is 0 Å². The summed E-state index contributed by atoms with van der Waals surface area (Å²) in [5, 5.41) is 18.6. The molecule has 4 nitrogen and oxygen atoms in total. The molecule has 0 aliphatic heterocycles. The number of benzene rings is 1. The van der Waals surface area contributed by atoms with Gasteiger partial charge >= 0.3 is 0 Å². The number of hydrogen-bond donors (Lipinski definition) is 3. The van der Waals surface area contributed by atoms with Gasteiger partial charge in [0, 0.05) is 16.6 Å². The van der Waals surface area contributed by atoms with Gasteiger partial charge in [0.1, 0.15) is 0 Å². The van der Waals surface area contributed by atoms with Gasteiger partial charge in [0.15, 0.2) is 11.5 Å². The molecule has 0 heterocycles. The highest BCUT2D eigenvalue weighted by molar-refractivity contribution is 9.10. The molecule has 0 aromatic heterocycles. The molecular weight excluding hydrogens is 238 g/mol. The SMILES string of the molecule is CONCc1cc(Br)cc(O)c1O. The van der Waals surface area contributed by atoms with Gasteiger partial charge in [-0.2, -0.15) is 5.48 Å². The van der Waals surface area contributed by atoms with Gasteiger partial charge in [0.05, 0.1) is 7.11 Å². The molecule has 0 radical (unpaired) electrons. The van der Waals surface area contributed by atoms with Crippen molar-refractivity contribution in [2.24, 2.45) is 0 Å². The lowest BCUT2D eigenvalue weighted by atomic mass is 10.2. The predicted molar refractivity (Wildman–Crippen MR) is 51.3 cm³/mol. The fourth-order valence-electron chi connectivity index (χ4n) is 0.925. The van der Waals surface area contributed by atoms with Crippen molar-refractivity contribution in [1.29, 1.82) is 0 Å². The van der Waals surface area contributed by atoms with Crippen molar-refractivity contribution in [1.82, 2.24) is 5.48 Å². The lowest BCUT2D eigenvalue weighted by Gasteiger charge is -2.07. The van der Waals surface area contributed by atoms with Crippen LogP contribution in [-0.2, 0) is 11.4 Å². The molecule has 1 rings (SSSR count). The van der Waals surface area contributed by atoms with E-state index in [0.29, 0.717) is 16.6 Å². The van der Waals surface area contributed by atoms with Gasteiger partial charge < -0.3 is 15.1 Å². The summed E-state index contributed by atoms with van der Waals surface area (Å²) >= 11 is 3.20. The summed E-state index contributed by atoms with van der Waals surface area (Å²) in [5.74, 6) is -0.282. The highest BCUT2D eigenvalue weighted by Crippen LogP contribution is 2.32. The first-order chi connectivity index (χ1) is 6.15. The Bertz CT molecular complexity index is 304. The monoisotopic (exact) mass is 247 g/mol. The lowest BCUT2D eigenvalue weighted by Crippen LogP contribution is -2.10. The minimum Gasteiger partial charge on any atom is -0.504 e. The molecule has 0 spiro atoms. The maximum atomic E-state index is 9.38. The van der Waals surface area contributed by atoms with Crippen molar-refractivity contribution in [3.8, 4) is 11.5 Å². The van der Waals surface area contributed by atoms with E-state index in [4.69, 9.17) is 0 Å². The molecule has 3 N–H and O–H groups in total. The fraction of sp³-hybridized carbons (Fsp3) is 0.250. The summed E-state index contributed by atoms with van der Waals surface area (Å²) < 4.78 is 0.704. The van der Waals surface area contributed by atoms with Crippen molar-refractivity contribution >= 4 is 15.9 Å². The van der Waals surface area contributed by atoms with Crippen LogP contribution in [0.3, 0.4) is 0 Å². The molecule has 72 valence electrons. The molecule has 0 bridgehead atoms. The Balaban J connectivity index is 2.92. The minimum absolute atomic E-state index is 0.132. The zero-order valence-corrected chi connectivity index (χ0v) is 8.63. The summed E-state index contributed by atoms with van der Waals surface area (Å²) in [6.07, 6.45) is 0. The molecule has 0 fully saturated rings. The van der Waals surface area contributed by atoms with E-state index >= 15 is 0 Å². The van der Waals surface area contributed by atoms with Gasteiger partial charge in [-0.25, -0.2) is 0 Å². The van der Waals surface area contributed by atoms with Gasteiger partial charge in [-0.15, -0.1) is 0 Å². The van der Waals surface area contributed by atoms with Crippen LogP contribution in [0.1, 0.15) is 5.56 Å². The molecular formula is C8H10BrNO3. The number of rotatable bonds is 3. The second-order valence-electron chi connectivity index (χ2n) is 2.46. The van der Waals surface area contributed by atoms with Crippen molar-refractivity contribution in [3.05, 3.63) is 22.2 Å². The van der Waals surface area contributed by atoms with Gasteiger partial charge in [0.25, 0.3) is 0 Å². The normalized spacial score (nSPS) is 10.3. The Hall–Kier alpha value is -0.780.